The molecular weight excluding hydrogens is 586 g/mol. The number of hydrogen-bond acceptors (Lipinski definition) is 5. The van der Waals surface area contributed by atoms with E-state index in [4.69, 9.17) is 4.74 Å². The maximum absolute atomic E-state index is 14.5. The summed E-state index contributed by atoms with van der Waals surface area (Å²) in [4.78, 5) is 29.7. The molecule has 0 saturated heterocycles. The number of anilines is 1. The molecule has 4 aromatic carbocycles. The number of rotatable bonds is 13. The quantitative estimate of drug-likeness (QED) is 0.209. The molecule has 236 valence electrons. The second-order valence-electron chi connectivity index (χ2n) is 11.1. The fourth-order valence-electron chi connectivity index (χ4n) is 5.27. The lowest BCUT2D eigenvalue weighted by Crippen LogP contribution is -2.53. The van der Waals surface area contributed by atoms with Crippen molar-refractivity contribution in [1.82, 2.24) is 10.2 Å². The number of nitrogens with one attached hydrogen (secondary N) is 1. The van der Waals surface area contributed by atoms with Gasteiger partial charge in [0, 0.05) is 19.5 Å². The van der Waals surface area contributed by atoms with Crippen LogP contribution in [0.3, 0.4) is 0 Å². The summed E-state index contributed by atoms with van der Waals surface area (Å²) < 4.78 is 35.0. The van der Waals surface area contributed by atoms with E-state index < -0.39 is 28.5 Å². The minimum absolute atomic E-state index is 0.0654. The number of aryl methyl sites for hydroxylation is 3. The molecule has 0 spiro atoms. The average molecular weight is 628 g/mol. The Labute approximate surface area is 266 Å². The van der Waals surface area contributed by atoms with E-state index in [0.29, 0.717) is 18.0 Å². The zero-order chi connectivity index (χ0) is 32.6. The molecule has 0 saturated carbocycles. The molecule has 1 N–H and O–H groups in total. The fraction of sp³-hybridized carbons (Fsp3) is 0.278. The number of benzene rings is 4. The molecule has 0 aliphatic carbocycles. The minimum Gasteiger partial charge on any atom is -0.497 e. The first kappa shape index (κ1) is 33.3. The largest absolute Gasteiger partial charge is 0.497 e. The number of carbonyl (C=O) groups is 2. The number of nitrogens with zero attached hydrogens (tertiary/aromatic N) is 2. The first-order chi connectivity index (χ1) is 21.5. The van der Waals surface area contributed by atoms with Gasteiger partial charge in [-0.3, -0.25) is 13.9 Å². The van der Waals surface area contributed by atoms with Gasteiger partial charge in [-0.2, -0.15) is 0 Å². The number of sulfonamides is 1. The van der Waals surface area contributed by atoms with E-state index in [1.165, 1.54) is 4.90 Å². The molecule has 4 rings (SSSR count). The van der Waals surface area contributed by atoms with E-state index in [-0.39, 0.29) is 23.8 Å². The van der Waals surface area contributed by atoms with Gasteiger partial charge in [-0.15, -0.1) is 0 Å². The predicted octanol–water partition coefficient (Wildman–Crippen LogP) is 5.59. The fourth-order valence-corrected chi connectivity index (χ4v) is 6.67. The van der Waals surface area contributed by atoms with Gasteiger partial charge < -0.3 is 15.0 Å². The van der Waals surface area contributed by atoms with Crippen molar-refractivity contribution in [2.45, 2.75) is 51.6 Å². The second kappa shape index (κ2) is 14.9. The van der Waals surface area contributed by atoms with Gasteiger partial charge in [0.25, 0.3) is 10.0 Å². The molecule has 8 nitrogen and oxygen atoms in total. The highest BCUT2D eigenvalue weighted by Gasteiger charge is 2.34. The molecular formula is C36H41N3O5S. The van der Waals surface area contributed by atoms with Crippen molar-refractivity contribution >= 4 is 27.5 Å². The Hall–Kier alpha value is -4.63. The van der Waals surface area contributed by atoms with Crippen LogP contribution in [0.1, 0.15) is 34.7 Å². The maximum Gasteiger partial charge on any atom is 0.264 e. The highest BCUT2D eigenvalue weighted by Crippen LogP contribution is 2.27. The van der Waals surface area contributed by atoms with Crippen LogP contribution in [0.4, 0.5) is 5.69 Å². The van der Waals surface area contributed by atoms with E-state index in [1.807, 2.05) is 82.3 Å². The van der Waals surface area contributed by atoms with Crippen molar-refractivity contribution in [3.05, 3.63) is 125 Å². The van der Waals surface area contributed by atoms with Crippen LogP contribution in [-0.4, -0.2) is 51.4 Å². The van der Waals surface area contributed by atoms with Crippen LogP contribution in [0.5, 0.6) is 5.75 Å². The van der Waals surface area contributed by atoms with Crippen molar-refractivity contribution in [3.63, 3.8) is 0 Å². The van der Waals surface area contributed by atoms with Crippen molar-refractivity contribution in [2.24, 2.45) is 0 Å². The average Bonchev–Trinajstić information content (AvgIpc) is 3.01. The normalized spacial score (nSPS) is 11.8. The van der Waals surface area contributed by atoms with Crippen molar-refractivity contribution < 1.29 is 22.7 Å². The Morgan fingerprint density at radius 2 is 1.44 bits per heavy atom. The van der Waals surface area contributed by atoms with Gasteiger partial charge >= 0.3 is 0 Å². The lowest BCUT2D eigenvalue weighted by Gasteiger charge is -2.34. The summed E-state index contributed by atoms with van der Waals surface area (Å²) in [6.45, 7) is 7.41. The zero-order valence-electron chi connectivity index (χ0n) is 26.5. The standard InChI is InChI=1S/C36H41N3O5S/c1-6-37-36(41)34(23-29-11-8-7-9-12-29)38(24-30-13-10-14-32(22-30)44-5)35(40)25-39(31-20-27(3)19-28(4)21-31)45(42,43)33-17-15-26(2)16-18-33/h7-22,34H,6,23-25H2,1-5H3,(H,37,41). The van der Waals surface area contributed by atoms with E-state index in [2.05, 4.69) is 5.32 Å². The molecule has 0 radical (unpaired) electrons. The molecule has 0 aliphatic heterocycles. The van der Waals surface area contributed by atoms with Gasteiger partial charge in [0.2, 0.25) is 11.8 Å². The van der Waals surface area contributed by atoms with Gasteiger partial charge in [-0.1, -0.05) is 66.2 Å². The minimum atomic E-state index is -4.17. The molecule has 0 heterocycles. The van der Waals surface area contributed by atoms with Crippen LogP contribution in [-0.2, 0) is 32.6 Å². The number of methoxy groups -OCH3 is 1. The summed E-state index contributed by atoms with van der Waals surface area (Å²) in [5.41, 5.74) is 4.62. The third-order valence-corrected chi connectivity index (χ3v) is 9.28. The topological polar surface area (TPSA) is 96.0 Å². The number of carbonyl (C=O) groups excluding carboxylic acids is 2. The van der Waals surface area contributed by atoms with E-state index >= 15 is 0 Å². The Morgan fingerprint density at radius 3 is 2.07 bits per heavy atom. The van der Waals surface area contributed by atoms with E-state index in [9.17, 15) is 18.0 Å². The van der Waals surface area contributed by atoms with Crippen LogP contribution in [0.25, 0.3) is 0 Å². The highest BCUT2D eigenvalue weighted by molar-refractivity contribution is 7.92. The van der Waals surface area contributed by atoms with E-state index in [0.717, 1.165) is 32.1 Å². The number of ether oxygens (including phenoxy) is 1. The van der Waals surface area contributed by atoms with Crippen LogP contribution in [0.15, 0.2) is 102 Å². The van der Waals surface area contributed by atoms with Crippen LogP contribution in [0.2, 0.25) is 0 Å². The molecule has 2 amide bonds. The summed E-state index contributed by atoms with van der Waals surface area (Å²) in [6, 6.07) is 27.9. The number of amides is 2. The van der Waals surface area contributed by atoms with Gasteiger partial charge in [0.15, 0.2) is 0 Å². The molecule has 9 heteroatoms. The van der Waals surface area contributed by atoms with Crippen molar-refractivity contribution in [1.29, 1.82) is 0 Å². The van der Waals surface area contributed by atoms with E-state index in [1.54, 1.807) is 49.6 Å². The van der Waals surface area contributed by atoms with Gasteiger partial charge in [-0.25, -0.2) is 8.42 Å². The first-order valence-corrected chi connectivity index (χ1v) is 16.4. The van der Waals surface area contributed by atoms with Crippen LogP contribution >= 0.6 is 0 Å². The number of hydrogen-bond donors (Lipinski definition) is 1. The molecule has 0 fully saturated rings. The second-order valence-corrected chi connectivity index (χ2v) is 13.0. The lowest BCUT2D eigenvalue weighted by atomic mass is 10.0. The van der Waals surface area contributed by atoms with Gasteiger partial charge in [0.05, 0.1) is 17.7 Å². The Morgan fingerprint density at radius 1 is 0.800 bits per heavy atom. The molecule has 0 aromatic heterocycles. The highest BCUT2D eigenvalue weighted by atomic mass is 32.2. The Balaban J connectivity index is 1.83. The smallest absolute Gasteiger partial charge is 0.264 e. The van der Waals surface area contributed by atoms with Crippen LogP contribution in [0, 0.1) is 20.8 Å². The third kappa shape index (κ3) is 8.51. The zero-order valence-corrected chi connectivity index (χ0v) is 27.3. The molecule has 4 aromatic rings. The summed E-state index contributed by atoms with van der Waals surface area (Å²) in [5.74, 6) is -0.229. The monoisotopic (exact) mass is 627 g/mol. The first-order valence-electron chi connectivity index (χ1n) is 14.9. The lowest BCUT2D eigenvalue weighted by molar-refractivity contribution is -0.140. The molecule has 1 unspecified atom stereocenters. The Kier molecular flexibility index (Phi) is 11.0. The molecule has 0 bridgehead atoms. The SMILES string of the molecule is CCNC(=O)C(Cc1ccccc1)N(Cc1cccc(OC)c1)C(=O)CN(c1cc(C)cc(C)c1)S(=O)(=O)c1ccc(C)cc1. The summed E-state index contributed by atoms with van der Waals surface area (Å²) in [5, 5.41) is 2.88. The van der Waals surface area contributed by atoms with Gasteiger partial charge in [-0.05, 0) is 86.3 Å². The molecule has 0 aliphatic rings. The van der Waals surface area contributed by atoms with Crippen molar-refractivity contribution in [3.8, 4) is 5.75 Å². The maximum atomic E-state index is 14.5. The third-order valence-electron chi connectivity index (χ3n) is 7.49. The van der Waals surface area contributed by atoms with Crippen LogP contribution < -0.4 is 14.4 Å². The summed E-state index contributed by atoms with van der Waals surface area (Å²) >= 11 is 0. The number of likely N-dealkylation sites (N-methyl/N-ethyl adjacent to an activating group) is 1. The van der Waals surface area contributed by atoms with Gasteiger partial charge in [0.1, 0.15) is 18.3 Å². The van der Waals surface area contributed by atoms with Crippen molar-refractivity contribution in [2.75, 3.05) is 24.5 Å². The Bertz CT molecular complexity index is 1700. The molecule has 45 heavy (non-hydrogen) atoms. The summed E-state index contributed by atoms with van der Waals surface area (Å²) in [6.07, 6.45) is 0.247. The predicted molar refractivity (Wildman–Crippen MR) is 178 cm³/mol. The molecule has 1 atom stereocenters. The summed E-state index contributed by atoms with van der Waals surface area (Å²) in [7, 11) is -2.60.